The second-order valence-electron chi connectivity index (χ2n) is 3.25. The lowest BCUT2D eigenvalue weighted by Crippen LogP contribution is -2.41. The molecule has 17 heavy (non-hydrogen) atoms. The average molecular weight is 278 g/mol. The van der Waals surface area contributed by atoms with Gasteiger partial charge >= 0.3 is 5.97 Å². The van der Waals surface area contributed by atoms with Crippen LogP contribution in [-0.2, 0) is 4.79 Å². The van der Waals surface area contributed by atoms with E-state index in [-0.39, 0.29) is 10.8 Å². The van der Waals surface area contributed by atoms with E-state index in [1.807, 2.05) is 6.26 Å². The summed E-state index contributed by atoms with van der Waals surface area (Å²) in [5.41, 5.74) is 0.141. The quantitative estimate of drug-likeness (QED) is 0.830. The minimum atomic E-state index is -1.06. The maximum absolute atomic E-state index is 11.7. The number of carboxylic acids is 1. The molecule has 1 aromatic rings. The Bertz CT molecular complexity index is 407. The molecule has 2 N–H and O–H groups in total. The highest BCUT2D eigenvalue weighted by molar-refractivity contribution is 7.98. The van der Waals surface area contributed by atoms with Gasteiger partial charge in [0.2, 0.25) is 5.22 Å². The van der Waals surface area contributed by atoms with Crippen molar-refractivity contribution in [1.29, 1.82) is 0 Å². The smallest absolute Gasteiger partial charge is 0.326 e. The molecule has 0 saturated heterocycles. The number of hydrogen-bond donors (Lipinski definition) is 2. The summed E-state index contributed by atoms with van der Waals surface area (Å²) in [7, 11) is 0. The molecule has 0 fully saturated rings. The number of thioether (sulfide) groups is 1. The van der Waals surface area contributed by atoms with Crippen LogP contribution >= 0.6 is 23.4 Å². The van der Waals surface area contributed by atoms with Gasteiger partial charge in [-0.05, 0) is 36.1 Å². The van der Waals surface area contributed by atoms with Crippen molar-refractivity contribution in [1.82, 2.24) is 5.32 Å². The fraction of sp³-hybridized carbons (Fsp3) is 0.400. The molecule has 0 aliphatic carbocycles. The maximum atomic E-state index is 11.7. The lowest BCUT2D eigenvalue weighted by molar-refractivity contribution is -0.139. The fourth-order valence-electron chi connectivity index (χ4n) is 1.18. The number of furan rings is 1. The van der Waals surface area contributed by atoms with Gasteiger partial charge < -0.3 is 14.8 Å². The highest BCUT2D eigenvalue weighted by atomic mass is 35.5. The van der Waals surface area contributed by atoms with Crippen LogP contribution in [0.15, 0.2) is 16.7 Å². The zero-order valence-corrected chi connectivity index (χ0v) is 10.7. The van der Waals surface area contributed by atoms with Crippen molar-refractivity contribution in [2.45, 2.75) is 12.5 Å². The number of halogens is 1. The third-order valence-electron chi connectivity index (χ3n) is 2.08. The Hall–Kier alpha value is -1.14. The van der Waals surface area contributed by atoms with E-state index in [0.29, 0.717) is 12.2 Å². The number of amides is 1. The molecule has 1 heterocycles. The van der Waals surface area contributed by atoms with Crippen LogP contribution in [0.2, 0.25) is 5.22 Å². The van der Waals surface area contributed by atoms with E-state index in [9.17, 15) is 9.59 Å². The third-order valence-corrected chi connectivity index (χ3v) is 3.01. The molecule has 0 saturated carbocycles. The molecule has 1 rings (SSSR count). The number of carboxylic acid groups (broad SMARTS) is 1. The first kappa shape index (κ1) is 13.9. The highest BCUT2D eigenvalue weighted by Crippen LogP contribution is 2.16. The molecule has 0 aliphatic rings. The molecule has 0 aliphatic heterocycles. The predicted octanol–water partition coefficient (Wildman–Crippen LogP) is 1.87. The van der Waals surface area contributed by atoms with Crippen molar-refractivity contribution < 1.29 is 19.1 Å². The largest absolute Gasteiger partial charge is 0.480 e. The first-order chi connectivity index (χ1) is 8.06. The van der Waals surface area contributed by atoms with Gasteiger partial charge in [-0.1, -0.05) is 0 Å². The van der Waals surface area contributed by atoms with E-state index >= 15 is 0 Å². The zero-order valence-electron chi connectivity index (χ0n) is 9.10. The number of rotatable bonds is 6. The van der Waals surface area contributed by atoms with Crippen LogP contribution in [-0.4, -0.2) is 35.0 Å². The van der Waals surface area contributed by atoms with Crippen LogP contribution in [0, 0.1) is 0 Å². The molecule has 94 valence electrons. The van der Waals surface area contributed by atoms with E-state index in [1.165, 1.54) is 24.1 Å². The molecule has 7 heteroatoms. The topological polar surface area (TPSA) is 79.5 Å². The number of carbonyl (C=O) groups excluding carboxylic acids is 1. The summed E-state index contributed by atoms with van der Waals surface area (Å²) in [4.78, 5) is 22.6. The van der Waals surface area contributed by atoms with Crippen LogP contribution in [0.25, 0.3) is 0 Å². The van der Waals surface area contributed by atoms with Gasteiger partial charge in [0.15, 0.2) is 0 Å². The Morgan fingerprint density at radius 1 is 1.65 bits per heavy atom. The second kappa shape index (κ2) is 6.56. The summed E-state index contributed by atoms with van der Waals surface area (Å²) < 4.78 is 4.76. The average Bonchev–Trinajstić information content (AvgIpc) is 2.70. The standard InChI is InChI=1S/C10H12ClNO4S/c1-17-5-3-7(10(14)15)12-9(13)6-2-4-16-8(6)11/h2,4,7H,3,5H2,1H3,(H,12,13)(H,14,15)/t7-/m1/s1. The first-order valence-corrected chi connectivity index (χ1v) is 6.59. The van der Waals surface area contributed by atoms with E-state index in [4.69, 9.17) is 21.1 Å². The van der Waals surface area contributed by atoms with E-state index < -0.39 is 17.9 Å². The molecule has 0 radical (unpaired) electrons. The van der Waals surface area contributed by atoms with E-state index in [0.717, 1.165) is 0 Å². The number of carbonyl (C=O) groups is 2. The van der Waals surface area contributed by atoms with Gasteiger partial charge in [0.25, 0.3) is 5.91 Å². The third kappa shape index (κ3) is 3.98. The van der Waals surface area contributed by atoms with Crippen molar-refractivity contribution >= 4 is 35.2 Å². The van der Waals surface area contributed by atoms with E-state index in [2.05, 4.69) is 5.32 Å². The summed E-state index contributed by atoms with van der Waals surface area (Å²) >= 11 is 7.14. The van der Waals surface area contributed by atoms with Gasteiger partial charge in [-0.3, -0.25) is 4.79 Å². The first-order valence-electron chi connectivity index (χ1n) is 4.82. The van der Waals surface area contributed by atoms with Crippen LogP contribution in [0.5, 0.6) is 0 Å². The fourth-order valence-corrected chi connectivity index (χ4v) is 1.86. The van der Waals surface area contributed by atoms with Gasteiger partial charge in [0.1, 0.15) is 6.04 Å². The Kier molecular flexibility index (Phi) is 5.37. The van der Waals surface area contributed by atoms with Crippen molar-refractivity contribution in [2.24, 2.45) is 0 Å². The Labute approximate surface area is 108 Å². The minimum absolute atomic E-state index is 0.0449. The van der Waals surface area contributed by atoms with Crippen LogP contribution < -0.4 is 5.32 Å². The van der Waals surface area contributed by atoms with Crippen molar-refractivity contribution in [3.63, 3.8) is 0 Å². The number of hydrogen-bond acceptors (Lipinski definition) is 4. The molecule has 5 nitrogen and oxygen atoms in total. The molecular weight excluding hydrogens is 266 g/mol. The van der Waals surface area contributed by atoms with Gasteiger partial charge in [-0.2, -0.15) is 11.8 Å². The monoisotopic (exact) mass is 277 g/mol. The minimum Gasteiger partial charge on any atom is -0.480 e. The van der Waals surface area contributed by atoms with Crippen molar-refractivity contribution in [3.05, 3.63) is 23.1 Å². The zero-order chi connectivity index (χ0) is 12.8. The van der Waals surface area contributed by atoms with Crippen molar-refractivity contribution in [2.75, 3.05) is 12.0 Å². The molecule has 0 aromatic carbocycles. The number of aliphatic carboxylic acids is 1. The molecule has 0 spiro atoms. The van der Waals surface area contributed by atoms with Crippen molar-refractivity contribution in [3.8, 4) is 0 Å². The predicted molar refractivity (Wildman–Crippen MR) is 65.6 cm³/mol. The SMILES string of the molecule is CSCC[C@@H](NC(=O)c1ccoc1Cl)C(=O)O. The molecule has 0 unspecified atom stereocenters. The lowest BCUT2D eigenvalue weighted by Gasteiger charge is -2.13. The second-order valence-corrected chi connectivity index (χ2v) is 4.58. The Morgan fingerprint density at radius 2 is 2.35 bits per heavy atom. The molecular formula is C10H12ClNO4S. The molecule has 1 atom stereocenters. The van der Waals surface area contributed by atoms with Crippen LogP contribution in [0.4, 0.5) is 0 Å². The summed E-state index contributed by atoms with van der Waals surface area (Å²) in [6.07, 6.45) is 3.50. The molecule has 1 amide bonds. The highest BCUT2D eigenvalue weighted by Gasteiger charge is 2.22. The lowest BCUT2D eigenvalue weighted by atomic mass is 10.2. The maximum Gasteiger partial charge on any atom is 0.326 e. The number of nitrogens with one attached hydrogen (secondary N) is 1. The summed E-state index contributed by atoms with van der Waals surface area (Å²) in [5, 5.41) is 11.3. The Balaban J connectivity index is 2.64. The molecule has 0 bridgehead atoms. The Morgan fingerprint density at radius 3 is 2.82 bits per heavy atom. The van der Waals surface area contributed by atoms with Gasteiger partial charge in [-0.25, -0.2) is 4.79 Å². The van der Waals surface area contributed by atoms with E-state index in [1.54, 1.807) is 0 Å². The molecule has 1 aromatic heterocycles. The van der Waals surface area contributed by atoms with Gasteiger partial charge in [0, 0.05) is 0 Å². The normalized spacial score (nSPS) is 12.1. The summed E-state index contributed by atoms with van der Waals surface area (Å²) in [6.45, 7) is 0. The summed E-state index contributed by atoms with van der Waals surface area (Å²) in [6, 6.07) is 0.478. The van der Waals surface area contributed by atoms with Crippen LogP contribution in [0.3, 0.4) is 0 Å². The van der Waals surface area contributed by atoms with Gasteiger partial charge in [0.05, 0.1) is 11.8 Å². The summed E-state index contributed by atoms with van der Waals surface area (Å²) in [5.74, 6) is -0.958. The van der Waals surface area contributed by atoms with Crippen LogP contribution in [0.1, 0.15) is 16.8 Å². The van der Waals surface area contributed by atoms with Gasteiger partial charge in [-0.15, -0.1) is 0 Å².